The quantitative estimate of drug-likeness (QED) is 0.537. The molecule has 0 aliphatic carbocycles. The van der Waals surface area contributed by atoms with Gasteiger partial charge in [-0.05, 0) is 43.2 Å². The molecule has 2 rings (SSSR count). The van der Waals surface area contributed by atoms with Crippen LogP contribution in [0, 0.1) is 0 Å². The molecule has 0 saturated heterocycles. The number of ether oxygens (including phenoxy) is 1. The van der Waals surface area contributed by atoms with Crippen LogP contribution < -0.4 is 0 Å². The lowest BCUT2D eigenvalue weighted by molar-refractivity contribution is -0.131. The molecule has 0 unspecified atom stereocenters. The standard InChI is InChI=1S/C21H22O6S/c1-21(2,15-27-20(24)17-9-4-3-5-10-17)28(25,26)14-18-11-7-6-8-16(18)12-13-19(22)23/h3-13H,14-15H2,1-2H3,(H,22,23)/b13-12+. The largest absolute Gasteiger partial charge is 0.478 e. The number of carbonyl (C=O) groups excluding carboxylic acids is 1. The highest BCUT2D eigenvalue weighted by atomic mass is 32.2. The van der Waals surface area contributed by atoms with Crippen molar-refractivity contribution in [3.05, 3.63) is 77.4 Å². The normalized spacial score (nSPS) is 12.1. The van der Waals surface area contributed by atoms with Crippen molar-refractivity contribution >= 4 is 27.9 Å². The molecule has 0 spiro atoms. The lowest BCUT2D eigenvalue weighted by Gasteiger charge is -2.25. The first-order valence-electron chi connectivity index (χ1n) is 8.56. The molecule has 0 radical (unpaired) electrons. The Kier molecular flexibility index (Phi) is 6.75. The van der Waals surface area contributed by atoms with Gasteiger partial charge < -0.3 is 9.84 Å². The Morgan fingerprint density at radius 1 is 1.04 bits per heavy atom. The van der Waals surface area contributed by atoms with Gasteiger partial charge in [-0.3, -0.25) is 0 Å². The molecule has 0 atom stereocenters. The Morgan fingerprint density at radius 2 is 1.64 bits per heavy atom. The van der Waals surface area contributed by atoms with Crippen molar-refractivity contribution in [3.8, 4) is 0 Å². The molecule has 0 fully saturated rings. The maximum atomic E-state index is 12.9. The average Bonchev–Trinajstić information content (AvgIpc) is 2.65. The molecule has 0 saturated carbocycles. The number of esters is 1. The minimum Gasteiger partial charge on any atom is -0.478 e. The average molecular weight is 402 g/mol. The number of sulfone groups is 1. The summed E-state index contributed by atoms with van der Waals surface area (Å²) in [4.78, 5) is 22.8. The summed E-state index contributed by atoms with van der Waals surface area (Å²) in [6, 6.07) is 15.0. The molecule has 2 aromatic carbocycles. The van der Waals surface area contributed by atoms with Gasteiger partial charge in [0.15, 0.2) is 9.84 Å². The van der Waals surface area contributed by atoms with Crippen LogP contribution in [0.2, 0.25) is 0 Å². The number of carboxylic acid groups (broad SMARTS) is 1. The third-order valence-electron chi connectivity index (χ3n) is 4.21. The van der Waals surface area contributed by atoms with E-state index >= 15 is 0 Å². The summed E-state index contributed by atoms with van der Waals surface area (Å²) in [5, 5.41) is 8.79. The van der Waals surface area contributed by atoms with Gasteiger partial charge in [-0.2, -0.15) is 0 Å². The van der Waals surface area contributed by atoms with E-state index in [-0.39, 0.29) is 12.4 Å². The van der Waals surface area contributed by atoms with Crippen LogP contribution in [0.5, 0.6) is 0 Å². The van der Waals surface area contributed by atoms with Gasteiger partial charge in [-0.1, -0.05) is 42.5 Å². The second kappa shape index (κ2) is 8.84. The molecule has 0 bridgehead atoms. The van der Waals surface area contributed by atoms with Gasteiger partial charge in [0.05, 0.1) is 11.3 Å². The van der Waals surface area contributed by atoms with Crippen LogP contribution in [0.1, 0.15) is 35.3 Å². The van der Waals surface area contributed by atoms with Gasteiger partial charge >= 0.3 is 11.9 Å². The molecule has 0 aliphatic heterocycles. The molecule has 0 amide bonds. The van der Waals surface area contributed by atoms with E-state index in [0.29, 0.717) is 16.7 Å². The zero-order valence-electron chi connectivity index (χ0n) is 15.7. The maximum Gasteiger partial charge on any atom is 0.338 e. The minimum absolute atomic E-state index is 0.295. The summed E-state index contributed by atoms with van der Waals surface area (Å²) in [7, 11) is -3.71. The van der Waals surface area contributed by atoms with Crippen molar-refractivity contribution in [3.63, 3.8) is 0 Å². The number of hydrogen-bond donors (Lipinski definition) is 1. The highest BCUT2D eigenvalue weighted by molar-refractivity contribution is 7.92. The van der Waals surface area contributed by atoms with Crippen LogP contribution in [0.4, 0.5) is 0 Å². The molecule has 28 heavy (non-hydrogen) atoms. The zero-order valence-corrected chi connectivity index (χ0v) is 16.5. The molecule has 6 nitrogen and oxygen atoms in total. The van der Waals surface area contributed by atoms with Crippen LogP contribution >= 0.6 is 0 Å². The fraction of sp³-hybridized carbons (Fsp3) is 0.238. The fourth-order valence-electron chi connectivity index (χ4n) is 2.38. The zero-order chi connectivity index (χ0) is 20.8. The van der Waals surface area contributed by atoms with Crippen molar-refractivity contribution < 1.29 is 27.9 Å². The van der Waals surface area contributed by atoms with Crippen LogP contribution in [-0.4, -0.2) is 36.8 Å². The fourth-order valence-corrected chi connectivity index (χ4v) is 3.68. The van der Waals surface area contributed by atoms with Crippen molar-refractivity contribution in [1.29, 1.82) is 0 Å². The second-order valence-corrected chi connectivity index (χ2v) is 9.45. The predicted octanol–water partition coefficient (Wildman–Crippen LogP) is 3.33. The number of hydrogen-bond acceptors (Lipinski definition) is 5. The molecule has 0 heterocycles. The number of carbonyl (C=O) groups is 2. The highest BCUT2D eigenvalue weighted by Crippen LogP contribution is 2.24. The van der Waals surface area contributed by atoms with Crippen LogP contribution in [0.3, 0.4) is 0 Å². The van der Waals surface area contributed by atoms with E-state index in [0.717, 1.165) is 6.08 Å². The van der Waals surface area contributed by atoms with Crippen LogP contribution in [0.25, 0.3) is 6.08 Å². The third kappa shape index (κ3) is 5.53. The van der Waals surface area contributed by atoms with Gasteiger partial charge in [0, 0.05) is 6.08 Å². The second-order valence-electron chi connectivity index (χ2n) is 6.83. The maximum absolute atomic E-state index is 12.9. The van der Waals surface area contributed by atoms with E-state index in [1.54, 1.807) is 54.6 Å². The summed E-state index contributed by atoms with van der Waals surface area (Å²) in [6.45, 7) is 2.70. The van der Waals surface area contributed by atoms with E-state index < -0.39 is 26.5 Å². The molecular weight excluding hydrogens is 380 g/mol. The first-order chi connectivity index (χ1) is 13.1. The van der Waals surface area contributed by atoms with Gasteiger partial charge in [-0.25, -0.2) is 18.0 Å². The van der Waals surface area contributed by atoms with Crippen molar-refractivity contribution in [1.82, 2.24) is 0 Å². The topological polar surface area (TPSA) is 97.7 Å². The summed E-state index contributed by atoms with van der Waals surface area (Å²) in [5.74, 6) is -2.01. The minimum atomic E-state index is -3.71. The van der Waals surface area contributed by atoms with Gasteiger partial charge in [0.2, 0.25) is 0 Å². The molecule has 0 aromatic heterocycles. The summed E-state index contributed by atoms with van der Waals surface area (Å²) < 4.78 is 29.8. The molecule has 148 valence electrons. The van der Waals surface area contributed by atoms with Crippen LogP contribution in [0.15, 0.2) is 60.7 Å². The Bertz CT molecular complexity index is 975. The van der Waals surface area contributed by atoms with E-state index in [1.165, 1.54) is 19.9 Å². The molecule has 7 heteroatoms. The Hall–Kier alpha value is -2.93. The smallest absolute Gasteiger partial charge is 0.338 e. The summed E-state index contributed by atoms with van der Waals surface area (Å²) in [5.41, 5.74) is 1.33. The SMILES string of the molecule is CC(C)(COC(=O)c1ccccc1)S(=O)(=O)Cc1ccccc1/C=C/C(=O)O. The first-order valence-corrected chi connectivity index (χ1v) is 10.2. The van der Waals surface area contributed by atoms with Crippen molar-refractivity contribution in [2.75, 3.05) is 6.61 Å². The van der Waals surface area contributed by atoms with Gasteiger partial charge in [-0.15, -0.1) is 0 Å². The lowest BCUT2D eigenvalue weighted by atomic mass is 10.1. The Morgan fingerprint density at radius 3 is 2.29 bits per heavy atom. The Balaban J connectivity index is 2.15. The lowest BCUT2D eigenvalue weighted by Crippen LogP contribution is -2.38. The first kappa shape index (κ1) is 21.4. The van der Waals surface area contributed by atoms with Crippen molar-refractivity contribution in [2.45, 2.75) is 24.3 Å². The summed E-state index contributed by atoms with van der Waals surface area (Å²) in [6.07, 6.45) is 2.31. The predicted molar refractivity (Wildman–Crippen MR) is 107 cm³/mol. The monoisotopic (exact) mass is 402 g/mol. The van der Waals surface area contributed by atoms with E-state index in [1.807, 2.05) is 0 Å². The third-order valence-corrected chi connectivity index (χ3v) is 6.70. The van der Waals surface area contributed by atoms with E-state index in [4.69, 9.17) is 9.84 Å². The molecule has 1 N–H and O–H groups in total. The Labute approximate surface area is 164 Å². The van der Waals surface area contributed by atoms with Gasteiger partial charge in [0.1, 0.15) is 11.4 Å². The molecular formula is C21H22O6S. The summed E-state index contributed by atoms with van der Waals surface area (Å²) >= 11 is 0. The number of carboxylic acids is 1. The number of aliphatic carboxylic acids is 1. The van der Waals surface area contributed by atoms with Crippen molar-refractivity contribution in [2.24, 2.45) is 0 Å². The molecule has 0 aliphatic rings. The van der Waals surface area contributed by atoms with E-state index in [9.17, 15) is 18.0 Å². The number of rotatable bonds is 8. The molecule has 2 aromatic rings. The number of benzene rings is 2. The van der Waals surface area contributed by atoms with Gasteiger partial charge in [0.25, 0.3) is 0 Å². The van der Waals surface area contributed by atoms with Crippen LogP contribution in [-0.2, 0) is 25.1 Å². The highest BCUT2D eigenvalue weighted by Gasteiger charge is 2.36. The van der Waals surface area contributed by atoms with E-state index in [2.05, 4.69) is 0 Å².